The highest BCUT2D eigenvalue weighted by molar-refractivity contribution is 6.01. The van der Waals surface area contributed by atoms with Crippen LogP contribution in [0.5, 0.6) is 0 Å². The summed E-state index contributed by atoms with van der Waals surface area (Å²) in [7, 11) is 1.55. The molecule has 0 aromatic heterocycles. The summed E-state index contributed by atoms with van der Waals surface area (Å²) in [4.78, 5) is 22.1. The summed E-state index contributed by atoms with van der Waals surface area (Å²) in [6, 6.07) is 4.42. The third-order valence-electron chi connectivity index (χ3n) is 2.27. The highest BCUT2D eigenvalue weighted by Crippen LogP contribution is 2.27. The van der Waals surface area contributed by atoms with E-state index in [1.165, 1.54) is 12.1 Å². The second kappa shape index (κ2) is 5.83. The predicted molar refractivity (Wildman–Crippen MR) is 65.3 cm³/mol. The number of para-hydroxylation sites is 1. The van der Waals surface area contributed by atoms with Gasteiger partial charge >= 0.3 is 0 Å². The Morgan fingerprint density at radius 3 is 2.71 bits per heavy atom. The molecule has 0 heterocycles. The fraction of sp³-hybridized carbons (Fsp3) is 0.364. The number of rotatable bonds is 5. The van der Waals surface area contributed by atoms with Crippen LogP contribution >= 0.6 is 0 Å². The zero-order chi connectivity index (χ0) is 12.8. The molecule has 6 nitrogen and oxygen atoms in total. The Morgan fingerprint density at radius 2 is 2.18 bits per heavy atom. The van der Waals surface area contributed by atoms with Gasteiger partial charge < -0.3 is 10.6 Å². The van der Waals surface area contributed by atoms with E-state index < -0.39 is 4.92 Å². The molecule has 0 aliphatic rings. The normalized spacial score (nSPS) is 9.76. The molecule has 1 rings (SSSR count). The van der Waals surface area contributed by atoms with E-state index in [1.807, 2.05) is 6.92 Å². The molecule has 0 aliphatic carbocycles. The maximum Gasteiger partial charge on any atom is 0.293 e. The number of nitro groups is 1. The minimum Gasteiger partial charge on any atom is -0.382 e. The number of hydrogen-bond donors (Lipinski definition) is 2. The van der Waals surface area contributed by atoms with E-state index in [-0.39, 0.29) is 22.8 Å². The third-order valence-corrected chi connectivity index (χ3v) is 2.27. The number of amides is 1. The van der Waals surface area contributed by atoms with Crippen molar-refractivity contribution in [2.24, 2.45) is 0 Å². The molecule has 6 heteroatoms. The van der Waals surface area contributed by atoms with E-state index in [0.29, 0.717) is 6.54 Å². The minimum absolute atomic E-state index is 0.100. The number of nitro benzene ring substituents is 1. The lowest BCUT2D eigenvalue weighted by molar-refractivity contribution is -0.384. The van der Waals surface area contributed by atoms with E-state index >= 15 is 0 Å². The summed E-state index contributed by atoms with van der Waals surface area (Å²) in [6.07, 6.45) is 0.815. The van der Waals surface area contributed by atoms with Crippen molar-refractivity contribution in [1.82, 2.24) is 5.32 Å². The largest absolute Gasteiger partial charge is 0.382 e. The number of anilines is 1. The van der Waals surface area contributed by atoms with Crippen LogP contribution in [-0.2, 0) is 0 Å². The number of benzene rings is 1. The number of nitrogens with one attached hydrogen (secondary N) is 2. The molecule has 0 unspecified atom stereocenters. The lowest BCUT2D eigenvalue weighted by Crippen LogP contribution is -2.25. The first-order chi connectivity index (χ1) is 8.11. The number of carbonyl (C=O) groups is 1. The van der Waals surface area contributed by atoms with Crippen LogP contribution in [0, 0.1) is 10.1 Å². The standard InChI is InChI=1S/C11H15N3O3/c1-3-7-13-11(15)8-5-4-6-9(14(16)17)10(8)12-2/h4-6,12H,3,7H2,1-2H3,(H,13,15). The van der Waals surface area contributed by atoms with Gasteiger partial charge in [0.25, 0.3) is 11.6 Å². The topological polar surface area (TPSA) is 84.3 Å². The van der Waals surface area contributed by atoms with Gasteiger partial charge in [0.2, 0.25) is 0 Å². The van der Waals surface area contributed by atoms with Crippen molar-refractivity contribution in [3.05, 3.63) is 33.9 Å². The zero-order valence-corrected chi connectivity index (χ0v) is 9.82. The number of hydrogen-bond acceptors (Lipinski definition) is 4. The third kappa shape index (κ3) is 2.93. The first kappa shape index (κ1) is 13.0. The monoisotopic (exact) mass is 237 g/mol. The number of carbonyl (C=O) groups excluding carboxylic acids is 1. The van der Waals surface area contributed by atoms with Crippen LogP contribution in [0.3, 0.4) is 0 Å². The second-order valence-electron chi connectivity index (χ2n) is 3.46. The predicted octanol–water partition coefficient (Wildman–Crippen LogP) is 1.78. The molecule has 0 spiro atoms. The second-order valence-corrected chi connectivity index (χ2v) is 3.46. The van der Waals surface area contributed by atoms with Gasteiger partial charge in [0.05, 0.1) is 10.5 Å². The molecule has 1 aromatic carbocycles. The lowest BCUT2D eigenvalue weighted by Gasteiger charge is -2.09. The fourth-order valence-corrected chi connectivity index (χ4v) is 1.48. The SMILES string of the molecule is CCCNC(=O)c1cccc([N+](=O)[O-])c1NC. The summed E-state index contributed by atoms with van der Waals surface area (Å²) in [5.41, 5.74) is 0.429. The van der Waals surface area contributed by atoms with Gasteiger partial charge in [-0.2, -0.15) is 0 Å². The molecule has 0 bridgehead atoms. The van der Waals surface area contributed by atoms with Crippen molar-refractivity contribution < 1.29 is 9.72 Å². The van der Waals surface area contributed by atoms with Crippen LogP contribution < -0.4 is 10.6 Å². The van der Waals surface area contributed by atoms with Gasteiger partial charge in [0.1, 0.15) is 5.69 Å². The van der Waals surface area contributed by atoms with Crippen LogP contribution in [0.1, 0.15) is 23.7 Å². The van der Waals surface area contributed by atoms with E-state index in [1.54, 1.807) is 13.1 Å². The van der Waals surface area contributed by atoms with Gasteiger partial charge in [-0.3, -0.25) is 14.9 Å². The first-order valence-electron chi connectivity index (χ1n) is 5.35. The molecule has 0 radical (unpaired) electrons. The van der Waals surface area contributed by atoms with Crippen molar-refractivity contribution in [3.63, 3.8) is 0 Å². The van der Waals surface area contributed by atoms with Crippen molar-refractivity contribution in [3.8, 4) is 0 Å². The summed E-state index contributed by atoms with van der Waals surface area (Å²) < 4.78 is 0. The maximum atomic E-state index is 11.8. The quantitative estimate of drug-likeness (QED) is 0.603. The first-order valence-corrected chi connectivity index (χ1v) is 5.35. The van der Waals surface area contributed by atoms with Crippen LogP contribution in [0.15, 0.2) is 18.2 Å². The lowest BCUT2D eigenvalue weighted by atomic mass is 10.1. The Kier molecular flexibility index (Phi) is 4.45. The molecule has 0 saturated heterocycles. The molecule has 0 atom stereocenters. The molecule has 2 N–H and O–H groups in total. The molecule has 1 amide bonds. The average Bonchev–Trinajstić information content (AvgIpc) is 2.34. The van der Waals surface area contributed by atoms with Crippen molar-refractivity contribution >= 4 is 17.3 Å². The molecule has 0 saturated carbocycles. The van der Waals surface area contributed by atoms with Crippen molar-refractivity contribution in [2.75, 3.05) is 18.9 Å². The summed E-state index contributed by atoms with van der Waals surface area (Å²) >= 11 is 0. The van der Waals surface area contributed by atoms with Crippen LogP contribution in [-0.4, -0.2) is 24.4 Å². The van der Waals surface area contributed by atoms with E-state index in [0.717, 1.165) is 6.42 Å². The smallest absolute Gasteiger partial charge is 0.293 e. The Balaban J connectivity index is 3.11. The Labute approximate surface area is 99.2 Å². The maximum absolute atomic E-state index is 11.8. The zero-order valence-electron chi connectivity index (χ0n) is 9.82. The van der Waals surface area contributed by atoms with Gasteiger partial charge in [-0.25, -0.2) is 0 Å². The minimum atomic E-state index is -0.511. The number of nitrogens with zero attached hydrogens (tertiary/aromatic N) is 1. The molecule has 17 heavy (non-hydrogen) atoms. The molecule has 1 aromatic rings. The van der Waals surface area contributed by atoms with Gasteiger partial charge in [0, 0.05) is 19.7 Å². The van der Waals surface area contributed by atoms with Crippen LogP contribution in [0.2, 0.25) is 0 Å². The van der Waals surface area contributed by atoms with Crippen LogP contribution in [0.25, 0.3) is 0 Å². The summed E-state index contributed by atoms with van der Waals surface area (Å²) in [6.45, 7) is 2.48. The van der Waals surface area contributed by atoms with E-state index in [2.05, 4.69) is 10.6 Å². The van der Waals surface area contributed by atoms with E-state index in [9.17, 15) is 14.9 Å². The highest BCUT2D eigenvalue weighted by Gasteiger charge is 2.19. The average molecular weight is 237 g/mol. The molecular weight excluding hydrogens is 222 g/mol. The highest BCUT2D eigenvalue weighted by atomic mass is 16.6. The Hall–Kier alpha value is -2.11. The van der Waals surface area contributed by atoms with E-state index in [4.69, 9.17) is 0 Å². The molecule has 92 valence electrons. The fourth-order valence-electron chi connectivity index (χ4n) is 1.48. The molecule has 0 aliphatic heterocycles. The summed E-state index contributed by atoms with van der Waals surface area (Å²) in [5, 5.41) is 16.2. The van der Waals surface area contributed by atoms with Gasteiger partial charge in [0.15, 0.2) is 0 Å². The van der Waals surface area contributed by atoms with Crippen molar-refractivity contribution in [2.45, 2.75) is 13.3 Å². The summed E-state index contributed by atoms with van der Waals surface area (Å²) in [5.74, 6) is -0.306. The van der Waals surface area contributed by atoms with Crippen LogP contribution in [0.4, 0.5) is 11.4 Å². The van der Waals surface area contributed by atoms with Gasteiger partial charge in [-0.05, 0) is 12.5 Å². The van der Waals surface area contributed by atoms with Gasteiger partial charge in [-0.1, -0.05) is 13.0 Å². The van der Waals surface area contributed by atoms with Crippen molar-refractivity contribution in [1.29, 1.82) is 0 Å². The molecular formula is C11H15N3O3. The molecule has 0 fully saturated rings. The Bertz CT molecular complexity index is 432. The Morgan fingerprint density at radius 1 is 1.47 bits per heavy atom. The van der Waals surface area contributed by atoms with Gasteiger partial charge in [-0.15, -0.1) is 0 Å².